The van der Waals surface area contributed by atoms with Gasteiger partial charge in [-0.15, -0.1) is 0 Å². The molecule has 1 fully saturated rings. The van der Waals surface area contributed by atoms with Gasteiger partial charge in [0.25, 0.3) is 5.91 Å². The number of oxazole rings is 1. The molecule has 0 aliphatic heterocycles. The normalized spacial score (nSPS) is 16.9. The highest BCUT2D eigenvalue weighted by molar-refractivity contribution is 5.92. The summed E-state index contributed by atoms with van der Waals surface area (Å²) in [5.41, 5.74) is 0.271. The standard InChI is InChI=1S/C21H35N3O3/c1-5-15(3)22-21(26)18-14-27-19(23-18)13-24(16(4)6-2)20(25)12-11-17-9-7-8-10-17/h14-17H,5-13H2,1-4H3,(H,22,26)/t15-,16-/m1/s1. The maximum atomic E-state index is 12.8. The number of aromatic nitrogens is 1. The average Bonchev–Trinajstić information content (AvgIpc) is 3.35. The summed E-state index contributed by atoms with van der Waals surface area (Å²) in [6.45, 7) is 8.40. The van der Waals surface area contributed by atoms with Crippen LogP contribution in [0.5, 0.6) is 0 Å². The fourth-order valence-corrected chi connectivity index (χ4v) is 3.51. The predicted octanol–water partition coefficient (Wildman–Crippen LogP) is 4.30. The van der Waals surface area contributed by atoms with Crippen molar-refractivity contribution in [2.45, 2.75) is 97.7 Å². The summed E-state index contributed by atoms with van der Waals surface area (Å²) in [5, 5.41) is 2.88. The van der Waals surface area contributed by atoms with E-state index < -0.39 is 0 Å². The molecule has 1 aromatic heterocycles. The molecule has 0 saturated heterocycles. The van der Waals surface area contributed by atoms with E-state index in [1.54, 1.807) is 0 Å². The van der Waals surface area contributed by atoms with E-state index in [9.17, 15) is 9.59 Å². The Balaban J connectivity index is 1.96. The van der Waals surface area contributed by atoms with Crippen molar-refractivity contribution in [2.75, 3.05) is 0 Å². The van der Waals surface area contributed by atoms with Crippen LogP contribution in [0.2, 0.25) is 0 Å². The maximum absolute atomic E-state index is 12.8. The fourth-order valence-electron chi connectivity index (χ4n) is 3.51. The van der Waals surface area contributed by atoms with Gasteiger partial charge in [0.1, 0.15) is 6.26 Å². The Hall–Kier alpha value is -1.85. The van der Waals surface area contributed by atoms with E-state index in [0.29, 0.717) is 24.8 Å². The highest BCUT2D eigenvalue weighted by Gasteiger charge is 2.24. The van der Waals surface area contributed by atoms with Crippen LogP contribution in [-0.4, -0.2) is 33.8 Å². The Bertz CT molecular complexity index is 608. The lowest BCUT2D eigenvalue weighted by atomic mass is 10.0. The molecule has 152 valence electrons. The molecule has 0 aromatic carbocycles. The van der Waals surface area contributed by atoms with E-state index in [0.717, 1.165) is 19.3 Å². The molecular weight excluding hydrogens is 342 g/mol. The minimum atomic E-state index is -0.234. The average molecular weight is 378 g/mol. The zero-order chi connectivity index (χ0) is 19.8. The van der Waals surface area contributed by atoms with Crippen LogP contribution in [-0.2, 0) is 11.3 Å². The van der Waals surface area contributed by atoms with Crippen molar-refractivity contribution in [1.29, 1.82) is 0 Å². The first-order valence-corrected chi connectivity index (χ1v) is 10.5. The van der Waals surface area contributed by atoms with Crippen LogP contribution in [0.4, 0.5) is 0 Å². The molecule has 27 heavy (non-hydrogen) atoms. The number of carbonyl (C=O) groups is 2. The van der Waals surface area contributed by atoms with Gasteiger partial charge in [0, 0.05) is 18.5 Å². The maximum Gasteiger partial charge on any atom is 0.273 e. The summed E-state index contributed by atoms with van der Waals surface area (Å²) in [7, 11) is 0. The molecular formula is C21H35N3O3. The Kier molecular flexibility index (Phi) is 8.32. The van der Waals surface area contributed by atoms with Gasteiger partial charge in [-0.25, -0.2) is 4.98 Å². The van der Waals surface area contributed by atoms with Crippen LogP contribution in [0.1, 0.15) is 95.4 Å². The zero-order valence-corrected chi connectivity index (χ0v) is 17.3. The van der Waals surface area contributed by atoms with Crippen LogP contribution >= 0.6 is 0 Å². The largest absolute Gasteiger partial charge is 0.446 e. The molecule has 6 nitrogen and oxygen atoms in total. The van der Waals surface area contributed by atoms with Crippen molar-refractivity contribution in [3.63, 3.8) is 0 Å². The topological polar surface area (TPSA) is 75.4 Å². The summed E-state index contributed by atoms with van der Waals surface area (Å²) in [5.74, 6) is 1.03. The molecule has 0 unspecified atom stereocenters. The minimum absolute atomic E-state index is 0.0893. The van der Waals surface area contributed by atoms with Crippen LogP contribution in [0.3, 0.4) is 0 Å². The van der Waals surface area contributed by atoms with E-state index >= 15 is 0 Å². The van der Waals surface area contributed by atoms with Crippen molar-refractivity contribution < 1.29 is 14.0 Å². The molecule has 1 N–H and O–H groups in total. The summed E-state index contributed by atoms with van der Waals surface area (Å²) < 4.78 is 5.49. The van der Waals surface area contributed by atoms with Crippen molar-refractivity contribution in [1.82, 2.24) is 15.2 Å². The van der Waals surface area contributed by atoms with Gasteiger partial charge in [0.05, 0.1) is 6.54 Å². The molecule has 0 spiro atoms. The first kappa shape index (κ1) is 21.5. The molecule has 1 aliphatic rings. The third-order valence-electron chi connectivity index (χ3n) is 5.76. The van der Waals surface area contributed by atoms with E-state index in [-0.39, 0.29) is 29.6 Å². The molecule has 1 aliphatic carbocycles. The minimum Gasteiger partial charge on any atom is -0.446 e. The second kappa shape index (κ2) is 10.5. The zero-order valence-electron chi connectivity index (χ0n) is 17.3. The number of hydrogen-bond acceptors (Lipinski definition) is 4. The number of hydrogen-bond donors (Lipinski definition) is 1. The Morgan fingerprint density at radius 2 is 1.96 bits per heavy atom. The lowest BCUT2D eigenvalue weighted by molar-refractivity contribution is -0.134. The molecule has 0 radical (unpaired) electrons. The molecule has 6 heteroatoms. The number of nitrogens with zero attached hydrogens (tertiary/aromatic N) is 2. The van der Waals surface area contributed by atoms with E-state index in [4.69, 9.17) is 4.42 Å². The van der Waals surface area contributed by atoms with Gasteiger partial charge >= 0.3 is 0 Å². The van der Waals surface area contributed by atoms with Gasteiger partial charge in [-0.3, -0.25) is 9.59 Å². The highest BCUT2D eigenvalue weighted by atomic mass is 16.3. The smallest absolute Gasteiger partial charge is 0.273 e. The van der Waals surface area contributed by atoms with E-state index in [1.165, 1.54) is 31.9 Å². The van der Waals surface area contributed by atoms with E-state index in [1.807, 2.05) is 25.7 Å². The van der Waals surface area contributed by atoms with Crippen LogP contribution in [0.25, 0.3) is 0 Å². The van der Waals surface area contributed by atoms with E-state index in [2.05, 4.69) is 17.2 Å². The first-order chi connectivity index (χ1) is 12.9. The third kappa shape index (κ3) is 6.36. The molecule has 0 bridgehead atoms. The van der Waals surface area contributed by atoms with Crippen molar-refractivity contribution in [3.05, 3.63) is 17.8 Å². The number of nitrogens with one attached hydrogen (secondary N) is 1. The predicted molar refractivity (Wildman–Crippen MR) is 105 cm³/mol. The van der Waals surface area contributed by atoms with Gasteiger partial charge in [-0.1, -0.05) is 39.5 Å². The van der Waals surface area contributed by atoms with Gasteiger partial charge in [0.15, 0.2) is 5.69 Å². The Labute approximate surface area is 163 Å². The van der Waals surface area contributed by atoms with Crippen LogP contribution in [0, 0.1) is 5.92 Å². The monoisotopic (exact) mass is 377 g/mol. The number of carbonyl (C=O) groups excluding carboxylic acids is 2. The SMILES string of the molecule is CC[C@@H](C)NC(=O)c1coc(CN(C(=O)CCC2CCCC2)[C@H](C)CC)n1. The lowest BCUT2D eigenvalue weighted by Gasteiger charge is -2.28. The molecule has 2 atom stereocenters. The van der Waals surface area contributed by atoms with Gasteiger partial charge in [0.2, 0.25) is 11.8 Å². The molecule has 1 saturated carbocycles. The van der Waals surface area contributed by atoms with Crippen molar-refractivity contribution in [3.8, 4) is 0 Å². The quantitative estimate of drug-likeness (QED) is 0.659. The Morgan fingerprint density at radius 1 is 1.26 bits per heavy atom. The Morgan fingerprint density at radius 3 is 2.59 bits per heavy atom. The summed E-state index contributed by atoms with van der Waals surface area (Å²) in [4.78, 5) is 31.1. The van der Waals surface area contributed by atoms with Crippen molar-refractivity contribution >= 4 is 11.8 Å². The highest BCUT2D eigenvalue weighted by Crippen LogP contribution is 2.29. The molecule has 2 rings (SSSR count). The van der Waals surface area contributed by atoms with Crippen LogP contribution < -0.4 is 5.32 Å². The second-order valence-corrected chi connectivity index (χ2v) is 7.88. The second-order valence-electron chi connectivity index (χ2n) is 7.88. The number of rotatable bonds is 10. The molecule has 1 aromatic rings. The fraction of sp³-hybridized carbons (Fsp3) is 0.762. The molecule has 2 amide bonds. The summed E-state index contributed by atoms with van der Waals surface area (Å²) in [6, 6.07) is 0.205. The van der Waals surface area contributed by atoms with Crippen molar-refractivity contribution in [2.24, 2.45) is 5.92 Å². The molecule has 1 heterocycles. The third-order valence-corrected chi connectivity index (χ3v) is 5.76. The van der Waals surface area contributed by atoms with Gasteiger partial charge in [-0.2, -0.15) is 0 Å². The van der Waals surface area contributed by atoms with Crippen LogP contribution in [0.15, 0.2) is 10.7 Å². The lowest BCUT2D eigenvalue weighted by Crippen LogP contribution is -2.38. The number of amides is 2. The first-order valence-electron chi connectivity index (χ1n) is 10.5. The van der Waals surface area contributed by atoms with Gasteiger partial charge in [-0.05, 0) is 39.0 Å². The summed E-state index contributed by atoms with van der Waals surface area (Å²) >= 11 is 0. The summed E-state index contributed by atoms with van der Waals surface area (Å²) in [6.07, 6.45) is 9.76. The van der Waals surface area contributed by atoms with Gasteiger partial charge < -0.3 is 14.6 Å².